The molecule has 0 bridgehead atoms. The van der Waals surface area contributed by atoms with Gasteiger partial charge < -0.3 is 15.4 Å². The molecule has 3 N–H and O–H groups in total. The summed E-state index contributed by atoms with van der Waals surface area (Å²) >= 11 is 0. The van der Waals surface area contributed by atoms with E-state index in [1.807, 2.05) is 11.8 Å². The van der Waals surface area contributed by atoms with Crippen LogP contribution in [0.15, 0.2) is 23.0 Å². The van der Waals surface area contributed by atoms with Crippen LogP contribution in [0.1, 0.15) is 6.92 Å². The van der Waals surface area contributed by atoms with Crippen molar-refractivity contribution < 1.29 is 4.74 Å². The molecule has 1 fully saturated rings. The van der Waals surface area contributed by atoms with Gasteiger partial charge in [0, 0.05) is 18.8 Å². The van der Waals surface area contributed by atoms with Crippen LogP contribution in [0.4, 0.5) is 11.6 Å². The van der Waals surface area contributed by atoms with Gasteiger partial charge in [-0.1, -0.05) is 0 Å². The maximum Gasteiger partial charge on any atom is 0.260 e. The Balaban J connectivity index is 2.06. The highest BCUT2D eigenvalue weighted by Gasteiger charge is 2.19. The van der Waals surface area contributed by atoms with Gasteiger partial charge in [-0.3, -0.25) is 9.78 Å². The number of aromatic amines is 1. The first-order valence-corrected chi connectivity index (χ1v) is 6.29. The van der Waals surface area contributed by atoms with Crippen molar-refractivity contribution in [1.82, 2.24) is 9.97 Å². The molecule has 2 aromatic rings. The molecule has 19 heavy (non-hydrogen) atoms. The van der Waals surface area contributed by atoms with Crippen molar-refractivity contribution in [3.63, 3.8) is 0 Å². The Kier molecular flexibility index (Phi) is 2.87. The molecule has 1 aromatic carbocycles. The SMILES string of the molecule is CC1CN(c2nc3ccc(N)cc3c(=O)[nH]2)CCO1. The molecule has 1 aliphatic heterocycles. The molecule has 100 valence electrons. The third kappa shape index (κ3) is 2.26. The van der Waals surface area contributed by atoms with Crippen LogP contribution in [0.5, 0.6) is 0 Å². The second kappa shape index (κ2) is 4.55. The van der Waals surface area contributed by atoms with Crippen LogP contribution in [0, 0.1) is 0 Å². The molecular weight excluding hydrogens is 244 g/mol. The molecule has 2 heterocycles. The van der Waals surface area contributed by atoms with Gasteiger partial charge in [0.05, 0.1) is 23.6 Å². The fourth-order valence-corrected chi connectivity index (χ4v) is 2.30. The minimum absolute atomic E-state index is 0.140. The number of aromatic nitrogens is 2. The number of benzene rings is 1. The largest absolute Gasteiger partial charge is 0.399 e. The van der Waals surface area contributed by atoms with E-state index in [9.17, 15) is 4.79 Å². The molecule has 0 saturated carbocycles. The van der Waals surface area contributed by atoms with Gasteiger partial charge in [-0.15, -0.1) is 0 Å². The van der Waals surface area contributed by atoms with E-state index < -0.39 is 0 Å². The number of nitrogens with zero attached hydrogens (tertiary/aromatic N) is 2. The molecule has 0 amide bonds. The Labute approximate surface area is 110 Å². The Morgan fingerprint density at radius 3 is 3.16 bits per heavy atom. The number of nitrogens with one attached hydrogen (secondary N) is 1. The normalized spacial score (nSPS) is 19.8. The Morgan fingerprint density at radius 1 is 1.53 bits per heavy atom. The lowest BCUT2D eigenvalue weighted by Gasteiger charge is -2.31. The number of nitrogens with two attached hydrogens (primary N) is 1. The minimum atomic E-state index is -0.161. The average Bonchev–Trinajstić information content (AvgIpc) is 2.39. The quantitative estimate of drug-likeness (QED) is 0.738. The lowest BCUT2D eigenvalue weighted by atomic mass is 10.2. The predicted molar refractivity (Wildman–Crippen MR) is 74.4 cm³/mol. The standard InChI is InChI=1S/C13H16N4O2/c1-8-7-17(4-5-19-8)13-15-11-3-2-9(14)6-10(11)12(18)16-13/h2-3,6,8H,4-5,7,14H2,1H3,(H,15,16,18). The number of morpholine rings is 1. The third-order valence-electron chi connectivity index (χ3n) is 3.26. The van der Waals surface area contributed by atoms with Crippen LogP contribution >= 0.6 is 0 Å². The molecule has 0 radical (unpaired) electrons. The molecule has 0 spiro atoms. The molecule has 3 rings (SSSR count). The van der Waals surface area contributed by atoms with Gasteiger partial charge in [-0.05, 0) is 25.1 Å². The summed E-state index contributed by atoms with van der Waals surface area (Å²) in [6, 6.07) is 5.17. The van der Waals surface area contributed by atoms with E-state index in [0.29, 0.717) is 29.1 Å². The first-order chi connectivity index (χ1) is 9.13. The highest BCUT2D eigenvalue weighted by atomic mass is 16.5. The predicted octanol–water partition coefficient (Wildman–Crippen LogP) is 0.730. The van der Waals surface area contributed by atoms with Crippen molar-refractivity contribution >= 4 is 22.5 Å². The van der Waals surface area contributed by atoms with Crippen LogP contribution in [0.25, 0.3) is 10.9 Å². The van der Waals surface area contributed by atoms with E-state index in [-0.39, 0.29) is 11.7 Å². The van der Waals surface area contributed by atoms with E-state index in [0.717, 1.165) is 13.1 Å². The van der Waals surface area contributed by atoms with Crippen LogP contribution < -0.4 is 16.2 Å². The average molecular weight is 260 g/mol. The number of ether oxygens (including phenoxy) is 1. The molecule has 1 atom stereocenters. The molecule has 1 saturated heterocycles. The summed E-state index contributed by atoms with van der Waals surface area (Å²) in [7, 11) is 0. The van der Waals surface area contributed by atoms with E-state index in [4.69, 9.17) is 10.5 Å². The van der Waals surface area contributed by atoms with Gasteiger partial charge in [0.15, 0.2) is 0 Å². The zero-order valence-corrected chi connectivity index (χ0v) is 10.7. The van der Waals surface area contributed by atoms with Crippen molar-refractivity contribution in [3.05, 3.63) is 28.6 Å². The van der Waals surface area contributed by atoms with Gasteiger partial charge in [0.1, 0.15) is 0 Å². The summed E-state index contributed by atoms with van der Waals surface area (Å²) in [6.07, 6.45) is 0.140. The number of hydrogen-bond acceptors (Lipinski definition) is 5. The molecule has 1 unspecified atom stereocenters. The van der Waals surface area contributed by atoms with Crippen molar-refractivity contribution in [2.24, 2.45) is 0 Å². The number of fused-ring (bicyclic) bond motifs is 1. The van der Waals surface area contributed by atoms with Crippen molar-refractivity contribution in [3.8, 4) is 0 Å². The lowest BCUT2D eigenvalue weighted by molar-refractivity contribution is 0.0526. The molecule has 6 heteroatoms. The number of nitrogen functional groups attached to an aromatic ring is 1. The zero-order valence-electron chi connectivity index (χ0n) is 10.7. The van der Waals surface area contributed by atoms with Gasteiger partial charge in [0.2, 0.25) is 5.95 Å². The maximum atomic E-state index is 12.1. The summed E-state index contributed by atoms with van der Waals surface area (Å²) in [5.74, 6) is 0.595. The van der Waals surface area contributed by atoms with Crippen molar-refractivity contribution in [2.45, 2.75) is 13.0 Å². The monoisotopic (exact) mass is 260 g/mol. The minimum Gasteiger partial charge on any atom is -0.399 e. The van der Waals surface area contributed by atoms with Crippen LogP contribution in [0.3, 0.4) is 0 Å². The highest BCUT2D eigenvalue weighted by molar-refractivity contribution is 5.81. The number of anilines is 2. The third-order valence-corrected chi connectivity index (χ3v) is 3.26. The Bertz CT molecular complexity index is 667. The summed E-state index contributed by atoms with van der Waals surface area (Å²) in [5, 5.41) is 0.519. The van der Waals surface area contributed by atoms with Crippen molar-refractivity contribution in [1.29, 1.82) is 0 Å². The second-order valence-electron chi connectivity index (χ2n) is 4.79. The fourth-order valence-electron chi connectivity index (χ4n) is 2.30. The zero-order chi connectivity index (χ0) is 13.4. The molecular formula is C13H16N4O2. The van der Waals surface area contributed by atoms with Gasteiger partial charge in [-0.25, -0.2) is 4.98 Å². The van der Waals surface area contributed by atoms with E-state index in [1.165, 1.54) is 0 Å². The Hall–Kier alpha value is -2.08. The number of rotatable bonds is 1. The lowest BCUT2D eigenvalue weighted by Crippen LogP contribution is -2.42. The van der Waals surface area contributed by atoms with E-state index in [2.05, 4.69) is 9.97 Å². The number of hydrogen-bond donors (Lipinski definition) is 2. The van der Waals surface area contributed by atoms with Gasteiger partial charge in [0.25, 0.3) is 5.56 Å². The molecule has 0 aliphatic carbocycles. The second-order valence-corrected chi connectivity index (χ2v) is 4.79. The topological polar surface area (TPSA) is 84.2 Å². The summed E-state index contributed by atoms with van der Waals surface area (Å²) in [4.78, 5) is 21.4. The Morgan fingerprint density at radius 2 is 2.37 bits per heavy atom. The molecule has 6 nitrogen and oxygen atoms in total. The summed E-state index contributed by atoms with van der Waals surface area (Å²) in [6.45, 7) is 4.11. The highest BCUT2D eigenvalue weighted by Crippen LogP contribution is 2.16. The van der Waals surface area contributed by atoms with Crippen LogP contribution in [-0.2, 0) is 4.74 Å². The molecule has 1 aromatic heterocycles. The smallest absolute Gasteiger partial charge is 0.260 e. The van der Waals surface area contributed by atoms with Crippen molar-refractivity contribution in [2.75, 3.05) is 30.3 Å². The fraction of sp³-hybridized carbons (Fsp3) is 0.385. The molecule has 1 aliphatic rings. The van der Waals surface area contributed by atoms with Crippen LogP contribution in [0.2, 0.25) is 0 Å². The number of H-pyrrole nitrogens is 1. The van der Waals surface area contributed by atoms with E-state index >= 15 is 0 Å². The summed E-state index contributed by atoms with van der Waals surface area (Å²) in [5.41, 5.74) is 6.75. The maximum absolute atomic E-state index is 12.1. The van der Waals surface area contributed by atoms with Gasteiger partial charge >= 0.3 is 0 Å². The van der Waals surface area contributed by atoms with Crippen LogP contribution in [-0.4, -0.2) is 35.8 Å². The van der Waals surface area contributed by atoms with Gasteiger partial charge in [-0.2, -0.15) is 0 Å². The first-order valence-electron chi connectivity index (χ1n) is 6.29. The first kappa shape index (κ1) is 12.0. The summed E-state index contributed by atoms with van der Waals surface area (Å²) < 4.78 is 5.48. The van der Waals surface area contributed by atoms with E-state index in [1.54, 1.807) is 18.2 Å².